The lowest BCUT2D eigenvalue weighted by Crippen LogP contribution is -2.32. The highest BCUT2D eigenvalue weighted by Crippen LogP contribution is 2.16. The van der Waals surface area contributed by atoms with Crippen molar-refractivity contribution in [3.05, 3.63) is 35.1 Å². The molecule has 21 heavy (non-hydrogen) atoms. The molecule has 0 bridgehead atoms. The van der Waals surface area contributed by atoms with Gasteiger partial charge < -0.3 is 10.6 Å². The molecule has 1 aromatic carbocycles. The predicted octanol–water partition coefficient (Wildman–Crippen LogP) is 2.43. The van der Waals surface area contributed by atoms with Crippen molar-refractivity contribution in [2.45, 2.75) is 38.6 Å². The van der Waals surface area contributed by atoms with Gasteiger partial charge in [-0.25, -0.2) is 4.39 Å². The molecule has 0 unspecified atom stereocenters. The van der Waals surface area contributed by atoms with Crippen molar-refractivity contribution >= 4 is 5.91 Å². The number of rotatable bonds is 2. The minimum Gasteiger partial charge on any atom is -0.338 e. The van der Waals surface area contributed by atoms with Gasteiger partial charge in [0.2, 0.25) is 5.91 Å². The minimum atomic E-state index is -0.326. The summed E-state index contributed by atoms with van der Waals surface area (Å²) < 4.78 is 13.6. The number of benzene rings is 1. The topological polar surface area (TPSA) is 46.3 Å². The van der Waals surface area contributed by atoms with Gasteiger partial charge in [0, 0.05) is 25.1 Å². The van der Waals surface area contributed by atoms with Gasteiger partial charge in [-0.15, -0.1) is 0 Å². The average molecular weight is 288 g/mol. The minimum absolute atomic E-state index is 0.161. The maximum atomic E-state index is 13.6. The van der Waals surface area contributed by atoms with Crippen molar-refractivity contribution in [3.8, 4) is 11.8 Å². The lowest BCUT2D eigenvalue weighted by atomic mass is 10.1. The van der Waals surface area contributed by atoms with E-state index in [9.17, 15) is 9.18 Å². The molecule has 0 aromatic heterocycles. The van der Waals surface area contributed by atoms with E-state index in [2.05, 4.69) is 11.8 Å². The van der Waals surface area contributed by atoms with Crippen LogP contribution in [-0.2, 0) is 11.3 Å². The van der Waals surface area contributed by atoms with Gasteiger partial charge in [-0.05, 0) is 36.6 Å². The van der Waals surface area contributed by atoms with E-state index >= 15 is 0 Å². The maximum absolute atomic E-state index is 13.6. The predicted molar refractivity (Wildman–Crippen MR) is 80.8 cm³/mol. The van der Waals surface area contributed by atoms with Gasteiger partial charge in [0.05, 0.1) is 6.54 Å². The molecular formula is C17H21FN2O. The first-order valence-electron chi connectivity index (χ1n) is 7.45. The zero-order valence-electron chi connectivity index (χ0n) is 12.2. The Balaban J connectivity index is 2.13. The third kappa shape index (κ3) is 4.87. The van der Waals surface area contributed by atoms with Crippen LogP contribution in [0.5, 0.6) is 0 Å². The van der Waals surface area contributed by atoms with Crippen LogP contribution in [0, 0.1) is 17.7 Å². The lowest BCUT2D eigenvalue weighted by Gasteiger charge is -2.25. The molecule has 1 aliphatic rings. The van der Waals surface area contributed by atoms with Crippen LogP contribution in [0.15, 0.2) is 18.2 Å². The SMILES string of the molecule is NCC#Cc1cc(F)cc(CN2CCCCCCC2=O)c1. The molecule has 1 heterocycles. The van der Waals surface area contributed by atoms with Gasteiger partial charge in [-0.2, -0.15) is 0 Å². The van der Waals surface area contributed by atoms with E-state index in [0.29, 0.717) is 18.5 Å². The largest absolute Gasteiger partial charge is 0.338 e. The summed E-state index contributed by atoms with van der Waals surface area (Å²) in [5.41, 5.74) is 6.72. The van der Waals surface area contributed by atoms with Crippen LogP contribution in [0.25, 0.3) is 0 Å². The Morgan fingerprint density at radius 3 is 2.81 bits per heavy atom. The van der Waals surface area contributed by atoms with E-state index in [4.69, 9.17) is 5.73 Å². The van der Waals surface area contributed by atoms with Crippen molar-refractivity contribution in [1.29, 1.82) is 0 Å². The van der Waals surface area contributed by atoms with E-state index in [1.165, 1.54) is 12.1 Å². The zero-order valence-corrected chi connectivity index (χ0v) is 12.2. The van der Waals surface area contributed by atoms with Crippen molar-refractivity contribution in [1.82, 2.24) is 4.90 Å². The summed E-state index contributed by atoms with van der Waals surface area (Å²) in [5, 5.41) is 0. The molecule has 2 N–H and O–H groups in total. The van der Waals surface area contributed by atoms with Crippen LogP contribution in [0.2, 0.25) is 0 Å². The molecule has 4 heteroatoms. The summed E-state index contributed by atoms with van der Waals surface area (Å²) in [6.07, 6.45) is 4.83. The Hall–Kier alpha value is -1.86. The van der Waals surface area contributed by atoms with Crippen molar-refractivity contribution in [2.24, 2.45) is 5.73 Å². The first kappa shape index (κ1) is 15.5. The Morgan fingerprint density at radius 2 is 2.00 bits per heavy atom. The normalized spacial score (nSPS) is 15.9. The molecule has 1 aliphatic heterocycles. The molecular weight excluding hydrogens is 267 g/mol. The molecule has 1 amide bonds. The summed E-state index contributed by atoms with van der Waals surface area (Å²) in [4.78, 5) is 13.9. The Kier molecular flexibility index (Phi) is 5.77. The third-order valence-corrected chi connectivity index (χ3v) is 3.59. The molecule has 0 spiro atoms. The molecule has 2 rings (SSSR count). The quantitative estimate of drug-likeness (QED) is 0.850. The number of carbonyl (C=O) groups is 1. The number of amides is 1. The highest BCUT2D eigenvalue weighted by atomic mass is 19.1. The fourth-order valence-electron chi connectivity index (χ4n) is 2.57. The second-order valence-electron chi connectivity index (χ2n) is 5.33. The molecule has 0 aliphatic carbocycles. The lowest BCUT2D eigenvalue weighted by molar-refractivity contribution is -0.132. The Labute approximate surface area is 125 Å². The van der Waals surface area contributed by atoms with Crippen LogP contribution in [0.4, 0.5) is 4.39 Å². The van der Waals surface area contributed by atoms with Crippen LogP contribution in [0.3, 0.4) is 0 Å². The van der Waals surface area contributed by atoms with Gasteiger partial charge in [-0.1, -0.05) is 24.7 Å². The van der Waals surface area contributed by atoms with Crippen molar-refractivity contribution < 1.29 is 9.18 Å². The molecule has 0 radical (unpaired) electrons. The number of nitrogens with zero attached hydrogens (tertiary/aromatic N) is 1. The fraction of sp³-hybridized carbons (Fsp3) is 0.471. The van der Waals surface area contributed by atoms with E-state index in [-0.39, 0.29) is 18.3 Å². The number of halogens is 1. The Bertz CT molecular complexity index is 560. The molecule has 0 atom stereocenters. The fourth-order valence-corrected chi connectivity index (χ4v) is 2.57. The second kappa shape index (κ2) is 7.80. The summed E-state index contributed by atoms with van der Waals surface area (Å²) in [6, 6.07) is 4.69. The van der Waals surface area contributed by atoms with E-state index < -0.39 is 0 Å². The summed E-state index contributed by atoms with van der Waals surface area (Å²) in [6.45, 7) is 1.45. The average Bonchev–Trinajstić information content (AvgIpc) is 2.44. The highest BCUT2D eigenvalue weighted by Gasteiger charge is 2.16. The van der Waals surface area contributed by atoms with Gasteiger partial charge >= 0.3 is 0 Å². The monoisotopic (exact) mass is 288 g/mol. The van der Waals surface area contributed by atoms with Crippen LogP contribution in [0.1, 0.15) is 43.2 Å². The van der Waals surface area contributed by atoms with Gasteiger partial charge in [0.25, 0.3) is 0 Å². The standard InChI is InChI=1S/C17H21FN2O/c18-16-11-14(6-5-8-19)10-15(12-16)13-20-9-4-2-1-3-7-17(20)21/h10-12H,1-4,7-9,13,19H2. The zero-order chi connectivity index (χ0) is 15.1. The summed E-state index contributed by atoms with van der Waals surface area (Å²) in [7, 11) is 0. The molecule has 112 valence electrons. The van der Waals surface area contributed by atoms with Gasteiger partial charge in [0.15, 0.2) is 0 Å². The van der Waals surface area contributed by atoms with E-state index in [1.54, 1.807) is 0 Å². The van der Waals surface area contributed by atoms with Gasteiger partial charge in [-0.3, -0.25) is 4.79 Å². The van der Waals surface area contributed by atoms with Crippen molar-refractivity contribution in [2.75, 3.05) is 13.1 Å². The molecule has 1 saturated heterocycles. The van der Waals surface area contributed by atoms with Crippen LogP contribution in [-0.4, -0.2) is 23.9 Å². The first-order valence-corrected chi connectivity index (χ1v) is 7.45. The maximum Gasteiger partial charge on any atom is 0.222 e. The van der Waals surface area contributed by atoms with Crippen LogP contribution >= 0.6 is 0 Å². The van der Waals surface area contributed by atoms with E-state index in [0.717, 1.165) is 37.8 Å². The highest BCUT2D eigenvalue weighted by molar-refractivity contribution is 5.76. The number of hydrogen-bond donors (Lipinski definition) is 1. The number of carbonyl (C=O) groups excluding carboxylic acids is 1. The van der Waals surface area contributed by atoms with Crippen LogP contribution < -0.4 is 5.73 Å². The molecule has 1 fully saturated rings. The number of hydrogen-bond acceptors (Lipinski definition) is 2. The second-order valence-corrected chi connectivity index (χ2v) is 5.33. The third-order valence-electron chi connectivity index (χ3n) is 3.59. The van der Waals surface area contributed by atoms with Crippen molar-refractivity contribution in [3.63, 3.8) is 0 Å². The number of likely N-dealkylation sites (tertiary alicyclic amines) is 1. The smallest absolute Gasteiger partial charge is 0.222 e. The number of nitrogens with two attached hydrogens (primary N) is 1. The summed E-state index contributed by atoms with van der Waals surface area (Å²) in [5.74, 6) is 5.39. The molecule has 0 saturated carbocycles. The first-order chi connectivity index (χ1) is 10.2. The Morgan fingerprint density at radius 1 is 1.19 bits per heavy atom. The van der Waals surface area contributed by atoms with Gasteiger partial charge in [0.1, 0.15) is 5.82 Å². The molecule has 3 nitrogen and oxygen atoms in total. The van der Waals surface area contributed by atoms with E-state index in [1.807, 2.05) is 11.0 Å². The summed E-state index contributed by atoms with van der Waals surface area (Å²) >= 11 is 0. The molecule has 1 aromatic rings.